The molecule has 1 atom stereocenters. The predicted octanol–water partition coefficient (Wildman–Crippen LogP) is 3.68. The van der Waals surface area contributed by atoms with Gasteiger partial charge in [-0.15, -0.1) is 0 Å². The van der Waals surface area contributed by atoms with Crippen LogP contribution in [0.2, 0.25) is 0 Å². The van der Waals surface area contributed by atoms with Crippen LogP contribution in [-0.4, -0.2) is 39.3 Å². The molecule has 2 heterocycles. The Bertz CT molecular complexity index is 1120. The van der Waals surface area contributed by atoms with Crippen LogP contribution >= 0.6 is 0 Å². The van der Waals surface area contributed by atoms with Crippen LogP contribution in [0, 0.1) is 5.82 Å². The summed E-state index contributed by atoms with van der Waals surface area (Å²) in [4.78, 5) is 14.9. The summed E-state index contributed by atoms with van der Waals surface area (Å²) in [5, 5.41) is 4.40. The topological polar surface area (TPSA) is 73.4 Å². The highest BCUT2D eigenvalue weighted by Crippen LogP contribution is 2.32. The molecular weight excluding hydrogens is 407 g/mol. The molecule has 1 aliphatic rings. The molecule has 0 spiro atoms. The van der Waals surface area contributed by atoms with E-state index in [9.17, 15) is 9.18 Å². The molecule has 2 N–H and O–H groups in total. The molecule has 6 nitrogen and oxygen atoms in total. The first-order valence-corrected chi connectivity index (χ1v) is 10.9. The number of rotatable bonds is 8. The minimum absolute atomic E-state index is 0.0354. The highest BCUT2D eigenvalue weighted by Gasteiger charge is 2.32. The third-order valence-electron chi connectivity index (χ3n) is 5.87. The van der Waals surface area contributed by atoms with Crippen molar-refractivity contribution < 1.29 is 13.9 Å². The highest BCUT2D eigenvalue weighted by molar-refractivity contribution is 5.99. The second-order valence-electron chi connectivity index (χ2n) is 8.53. The summed E-state index contributed by atoms with van der Waals surface area (Å²) < 4.78 is 21.2. The lowest BCUT2D eigenvalue weighted by Gasteiger charge is -2.26. The zero-order valence-electron chi connectivity index (χ0n) is 18.7. The number of fused-ring (bicyclic) bond motifs is 1. The van der Waals surface area contributed by atoms with Crippen molar-refractivity contribution >= 4 is 5.91 Å². The van der Waals surface area contributed by atoms with Gasteiger partial charge in [0.2, 0.25) is 0 Å². The maximum Gasteiger partial charge on any atom is 0.254 e. The van der Waals surface area contributed by atoms with E-state index in [1.807, 2.05) is 50.0 Å². The average Bonchev–Trinajstić information content (AvgIpc) is 3.29. The summed E-state index contributed by atoms with van der Waals surface area (Å²) in [5.41, 5.74) is 11.5. The van der Waals surface area contributed by atoms with Gasteiger partial charge >= 0.3 is 0 Å². The van der Waals surface area contributed by atoms with Crippen molar-refractivity contribution in [1.82, 2.24) is 14.7 Å². The second-order valence-corrected chi connectivity index (χ2v) is 8.53. The number of hydrogen-bond donors (Lipinski definition) is 1. The van der Waals surface area contributed by atoms with E-state index in [4.69, 9.17) is 10.5 Å². The number of nitrogens with two attached hydrogens (primary N) is 1. The minimum atomic E-state index is -0.285. The van der Waals surface area contributed by atoms with Gasteiger partial charge in [0.25, 0.3) is 5.91 Å². The molecule has 0 saturated heterocycles. The van der Waals surface area contributed by atoms with Crippen LogP contribution in [0.4, 0.5) is 4.39 Å². The molecule has 32 heavy (non-hydrogen) atoms. The summed E-state index contributed by atoms with van der Waals surface area (Å²) in [6.07, 6.45) is 2.46. The maximum absolute atomic E-state index is 13.6. The molecule has 0 radical (unpaired) electrons. The van der Waals surface area contributed by atoms with Gasteiger partial charge in [-0.3, -0.25) is 9.48 Å². The number of benzene rings is 2. The average molecular weight is 437 g/mol. The Morgan fingerprint density at radius 1 is 1.22 bits per heavy atom. The molecule has 1 aromatic heterocycles. The van der Waals surface area contributed by atoms with Crippen molar-refractivity contribution in [3.05, 3.63) is 76.7 Å². The van der Waals surface area contributed by atoms with E-state index < -0.39 is 0 Å². The van der Waals surface area contributed by atoms with Gasteiger partial charge in [0.05, 0.1) is 24.6 Å². The fraction of sp³-hybridized carbons (Fsp3) is 0.360. The zero-order chi connectivity index (χ0) is 22.8. The van der Waals surface area contributed by atoms with Crippen LogP contribution in [0.3, 0.4) is 0 Å². The van der Waals surface area contributed by atoms with Gasteiger partial charge < -0.3 is 15.4 Å². The lowest BCUT2D eigenvalue weighted by Crippen LogP contribution is -2.42. The predicted molar refractivity (Wildman–Crippen MR) is 121 cm³/mol. The molecule has 0 fully saturated rings. The molecule has 7 heteroatoms. The third kappa shape index (κ3) is 4.45. The molecule has 0 aliphatic carbocycles. The third-order valence-corrected chi connectivity index (χ3v) is 5.87. The number of carbonyl (C=O) groups excluding carboxylic acids is 1. The number of aryl methyl sites for hydroxylation is 1. The summed E-state index contributed by atoms with van der Waals surface area (Å²) in [5.74, 6) is -0.320. The van der Waals surface area contributed by atoms with E-state index in [0.717, 1.165) is 27.9 Å². The van der Waals surface area contributed by atoms with Crippen LogP contribution in [0.15, 0.2) is 48.7 Å². The molecule has 0 bridgehead atoms. The van der Waals surface area contributed by atoms with Crippen molar-refractivity contribution in [3.63, 3.8) is 0 Å². The van der Waals surface area contributed by atoms with Crippen molar-refractivity contribution in [2.75, 3.05) is 6.54 Å². The summed E-state index contributed by atoms with van der Waals surface area (Å²) >= 11 is 0. The Morgan fingerprint density at radius 3 is 2.75 bits per heavy atom. The number of amides is 1. The maximum atomic E-state index is 13.6. The van der Waals surface area contributed by atoms with Crippen molar-refractivity contribution in [3.8, 4) is 11.3 Å². The second kappa shape index (κ2) is 9.22. The monoisotopic (exact) mass is 436 g/mol. The fourth-order valence-electron chi connectivity index (χ4n) is 4.26. The molecule has 3 aromatic rings. The standard InChI is InChI=1S/C25H29FN4O2/c1-16(2)32-15-20-13-28-29(3)24(20)18-7-8-23-19(11-18)14-30(25(23)31)22(12-27)10-17-5-4-6-21(26)9-17/h4-9,11,13,16,22H,10,12,14-15,27H2,1-3H3/t22-/m0/s1. The molecule has 0 saturated carbocycles. The number of halogens is 1. The number of nitrogens with zero attached hydrogens (tertiary/aromatic N) is 3. The van der Waals surface area contributed by atoms with Crippen LogP contribution in [0.25, 0.3) is 11.3 Å². The fourth-order valence-corrected chi connectivity index (χ4v) is 4.26. The SMILES string of the molecule is CC(C)OCc1cnn(C)c1-c1ccc2c(c1)CN([C@H](CN)Cc1cccc(F)c1)C2=O. The van der Waals surface area contributed by atoms with Crippen LogP contribution in [0.1, 0.15) is 40.9 Å². The number of ether oxygens (including phenoxy) is 1. The quantitative estimate of drug-likeness (QED) is 0.585. The zero-order valence-corrected chi connectivity index (χ0v) is 18.7. The van der Waals surface area contributed by atoms with E-state index in [1.54, 1.807) is 11.0 Å². The number of hydrogen-bond acceptors (Lipinski definition) is 4. The van der Waals surface area contributed by atoms with Crippen molar-refractivity contribution in [1.29, 1.82) is 0 Å². The smallest absolute Gasteiger partial charge is 0.254 e. The molecule has 1 aliphatic heterocycles. The van der Waals surface area contributed by atoms with Gasteiger partial charge in [-0.05, 0) is 55.7 Å². The van der Waals surface area contributed by atoms with Crippen LogP contribution in [0.5, 0.6) is 0 Å². The van der Waals surface area contributed by atoms with Gasteiger partial charge in [0.1, 0.15) is 5.82 Å². The van der Waals surface area contributed by atoms with E-state index >= 15 is 0 Å². The first-order valence-electron chi connectivity index (χ1n) is 10.9. The van der Waals surface area contributed by atoms with Crippen LogP contribution < -0.4 is 5.73 Å². The number of aromatic nitrogens is 2. The molecule has 1 amide bonds. The van der Waals surface area contributed by atoms with E-state index in [0.29, 0.717) is 31.7 Å². The van der Waals surface area contributed by atoms with E-state index in [1.165, 1.54) is 12.1 Å². The van der Waals surface area contributed by atoms with Gasteiger partial charge in [-0.25, -0.2) is 4.39 Å². The molecule has 168 valence electrons. The first-order chi connectivity index (χ1) is 15.4. The number of carbonyl (C=O) groups is 1. The normalized spacial score (nSPS) is 14.3. The van der Waals surface area contributed by atoms with Gasteiger partial charge in [0, 0.05) is 42.9 Å². The summed E-state index contributed by atoms with van der Waals surface area (Å²) in [6.45, 7) is 5.27. The Hall–Kier alpha value is -3.03. The Labute approximate surface area is 187 Å². The van der Waals surface area contributed by atoms with E-state index in [2.05, 4.69) is 11.2 Å². The van der Waals surface area contributed by atoms with E-state index in [-0.39, 0.29) is 23.9 Å². The Morgan fingerprint density at radius 2 is 2.03 bits per heavy atom. The molecule has 2 aromatic carbocycles. The molecule has 4 rings (SSSR count). The first kappa shape index (κ1) is 22.2. The lowest BCUT2D eigenvalue weighted by molar-refractivity contribution is 0.0659. The Kier molecular flexibility index (Phi) is 6.39. The van der Waals surface area contributed by atoms with Crippen LogP contribution in [-0.2, 0) is 31.4 Å². The Balaban J connectivity index is 1.58. The summed E-state index contributed by atoms with van der Waals surface area (Å²) in [7, 11) is 1.91. The lowest BCUT2D eigenvalue weighted by atomic mass is 10.0. The van der Waals surface area contributed by atoms with Crippen molar-refractivity contribution in [2.45, 2.75) is 45.6 Å². The minimum Gasteiger partial charge on any atom is -0.374 e. The largest absolute Gasteiger partial charge is 0.374 e. The highest BCUT2D eigenvalue weighted by atomic mass is 19.1. The van der Waals surface area contributed by atoms with Gasteiger partial charge in [-0.2, -0.15) is 5.10 Å². The van der Waals surface area contributed by atoms with Gasteiger partial charge in [0.15, 0.2) is 0 Å². The molecular formula is C25H29FN4O2. The molecule has 0 unspecified atom stereocenters. The van der Waals surface area contributed by atoms with Crippen molar-refractivity contribution in [2.24, 2.45) is 12.8 Å². The summed E-state index contributed by atoms with van der Waals surface area (Å²) in [6, 6.07) is 12.1. The van der Waals surface area contributed by atoms with Gasteiger partial charge in [-0.1, -0.05) is 18.2 Å².